The van der Waals surface area contributed by atoms with E-state index in [1.807, 2.05) is 32.0 Å². The summed E-state index contributed by atoms with van der Waals surface area (Å²) in [5.74, 6) is 0.222. The fourth-order valence-electron chi connectivity index (χ4n) is 1.80. The number of carboxylic acids is 1. The molecule has 1 atom stereocenters. The van der Waals surface area contributed by atoms with Crippen molar-refractivity contribution in [2.24, 2.45) is 5.92 Å². The van der Waals surface area contributed by atoms with E-state index in [1.165, 1.54) is 0 Å². The number of methoxy groups -OCH3 is 1. The number of rotatable bonds is 7. The minimum Gasteiger partial charge on any atom is -0.493 e. The Bertz CT molecular complexity index is 401. The van der Waals surface area contributed by atoms with E-state index in [9.17, 15) is 4.79 Å². The fourth-order valence-corrected chi connectivity index (χ4v) is 1.80. The summed E-state index contributed by atoms with van der Waals surface area (Å²) in [6.07, 6.45) is 1.12. The van der Waals surface area contributed by atoms with Crippen LogP contribution in [0.1, 0.15) is 25.8 Å². The summed E-state index contributed by atoms with van der Waals surface area (Å²) in [6.45, 7) is 4.36. The summed E-state index contributed by atoms with van der Waals surface area (Å²) >= 11 is 0. The third-order valence-corrected chi connectivity index (χ3v) is 2.85. The summed E-state index contributed by atoms with van der Waals surface area (Å²) in [5.41, 5.74) is 0.949. The van der Waals surface area contributed by atoms with Crippen LogP contribution in [0.3, 0.4) is 0 Å². The van der Waals surface area contributed by atoms with Crippen LogP contribution in [0.2, 0.25) is 0 Å². The van der Waals surface area contributed by atoms with Gasteiger partial charge in [0.05, 0.1) is 19.6 Å². The lowest BCUT2D eigenvalue weighted by atomic mass is 9.97. The molecule has 0 radical (unpaired) electrons. The summed E-state index contributed by atoms with van der Waals surface area (Å²) in [5, 5.41) is 9.04. The molecule has 1 aromatic carbocycles. The highest BCUT2D eigenvalue weighted by molar-refractivity contribution is 5.70. The van der Waals surface area contributed by atoms with E-state index in [0.29, 0.717) is 30.9 Å². The van der Waals surface area contributed by atoms with Gasteiger partial charge in [0.15, 0.2) is 11.5 Å². The summed E-state index contributed by atoms with van der Waals surface area (Å²) in [6, 6.07) is 5.56. The van der Waals surface area contributed by atoms with Crippen molar-refractivity contribution in [3.8, 4) is 11.5 Å². The van der Waals surface area contributed by atoms with Crippen LogP contribution in [-0.2, 0) is 11.2 Å². The van der Waals surface area contributed by atoms with Gasteiger partial charge in [0.25, 0.3) is 0 Å². The van der Waals surface area contributed by atoms with E-state index in [1.54, 1.807) is 7.11 Å². The topological polar surface area (TPSA) is 55.8 Å². The second-order valence-electron chi connectivity index (χ2n) is 4.07. The molecule has 0 fully saturated rings. The molecule has 0 aromatic heterocycles. The van der Waals surface area contributed by atoms with E-state index >= 15 is 0 Å². The highest BCUT2D eigenvalue weighted by Gasteiger charge is 2.16. The van der Waals surface area contributed by atoms with Gasteiger partial charge in [-0.2, -0.15) is 0 Å². The van der Waals surface area contributed by atoms with E-state index in [-0.39, 0.29) is 5.92 Å². The van der Waals surface area contributed by atoms with Crippen molar-refractivity contribution in [1.29, 1.82) is 0 Å². The second kappa shape index (κ2) is 6.89. The van der Waals surface area contributed by atoms with Gasteiger partial charge in [-0.05, 0) is 37.5 Å². The van der Waals surface area contributed by atoms with Gasteiger partial charge in [-0.15, -0.1) is 0 Å². The lowest BCUT2D eigenvalue weighted by Crippen LogP contribution is -2.15. The average molecular weight is 252 g/mol. The van der Waals surface area contributed by atoms with Gasteiger partial charge in [-0.1, -0.05) is 13.0 Å². The maximum absolute atomic E-state index is 11.0. The number of carboxylic acid groups (broad SMARTS) is 1. The molecule has 0 amide bonds. The monoisotopic (exact) mass is 252 g/mol. The Kier molecular flexibility index (Phi) is 5.49. The average Bonchev–Trinajstić information content (AvgIpc) is 2.37. The van der Waals surface area contributed by atoms with E-state index < -0.39 is 5.97 Å². The van der Waals surface area contributed by atoms with Crippen LogP contribution >= 0.6 is 0 Å². The molecular formula is C14H20O4. The van der Waals surface area contributed by atoms with Gasteiger partial charge >= 0.3 is 5.97 Å². The van der Waals surface area contributed by atoms with Crippen LogP contribution in [0.15, 0.2) is 18.2 Å². The standard InChI is InChI=1S/C14H20O4/c1-4-11(14(15)16)8-10-6-7-12(18-5-2)13(9-10)17-3/h6-7,9,11H,4-5,8H2,1-3H3,(H,15,16). The van der Waals surface area contributed by atoms with Gasteiger partial charge in [-0.25, -0.2) is 0 Å². The summed E-state index contributed by atoms with van der Waals surface area (Å²) < 4.78 is 10.7. The molecule has 1 unspecified atom stereocenters. The van der Waals surface area contributed by atoms with Gasteiger partial charge in [0.1, 0.15) is 0 Å². The summed E-state index contributed by atoms with van der Waals surface area (Å²) in [7, 11) is 1.58. The first-order valence-electron chi connectivity index (χ1n) is 6.14. The Labute approximate surface area is 108 Å². The molecule has 0 aliphatic rings. The molecule has 18 heavy (non-hydrogen) atoms. The Morgan fingerprint density at radius 3 is 2.56 bits per heavy atom. The second-order valence-corrected chi connectivity index (χ2v) is 4.07. The zero-order valence-corrected chi connectivity index (χ0v) is 11.1. The van der Waals surface area contributed by atoms with Crippen molar-refractivity contribution in [3.63, 3.8) is 0 Å². The molecule has 1 rings (SSSR count). The number of carbonyl (C=O) groups is 1. The zero-order valence-electron chi connectivity index (χ0n) is 11.1. The van der Waals surface area contributed by atoms with Crippen molar-refractivity contribution < 1.29 is 19.4 Å². The molecule has 4 heteroatoms. The van der Waals surface area contributed by atoms with E-state index in [2.05, 4.69) is 0 Å². The van der Waals surface area contributed by atoms with Crippen molar-refractivity contribution in [1.82, 2.24) is 0 Å². The SMILES string of the molecule is CCOc1ccc(CC(CC)C(=O)O)cc1OC. The minimum atomic E-state index is -0.759. The Balaban J connectivity index is 2.87. The highest BCUT2D eigenvalue weighted by atomic mass is 16.5. The molecule has 0 heterocycles. The van der Waals surface area contributed by atoms with Crippen molar-refractivity contribution in [3.05, 3.63) is 23.8 Å². The van der Waals surface area contributed by atoms with Crippen LogP contribution in [0, 0.1) is 5.92 Å². The Morgan fingerprint density at radius 2 is 2.06 bits per heavy atom. The maximum Gasteiger partial charge on any atom is 0.306 e. The molecule has 4 nitrogen and oxygen atoms in total. The number of ether oxygens (including phenoxy) is 2. The molecule has 1 aromatic rings. The van der Waals surface area contributed by atoms with Gasteiger partial charge in [0, 0.05) is 0 Å². The van der Waals surface area contributed by atoms with E-state index in [0.717, 1.165) is 5.56 Å². The third-order valence-electron chi connectivity index (χ3n) is 2.85. The highest BCUT2D eigenvalue weighted by Crippen LogP contribution is 2.29. The van der Waals surface area contributed by atoms with Crippen molar-refractivity contribution >= 4 is 5.97 Å². The first-order chi connectivity index (χ1) is 8.62. The summed E-state index contributed by atoms with van der Waals surface area (Å²) in [4.78, 5) is 11.0. The number of benzene rings is 1. The van der Waals surface area contributed by atoms with Gasteiger partial charge < -0.3 is 14.6 Å². The van der Waals surface area contributed by atoms with Crippen LogP contribution in [0.4, 0.5) is 0 Å². The molecule has 100 valence electrons. The minimum absolute atomic E-state index is 0.354. The lowest BCUT2D eigenvalue weighted by molar-refractivity contribution is -0.141. The largest absolute Gasteiger partial charge is 0.493 e. The smallest absolute Gasteiger partial charge is 0.306 e. The first-order valence-corrected chi connectivity index (χ1v) is 6.14. The third kappa shape index (κ3) is 3.65. The van der Waals surface area contributed by atoms with Crippen LogP contribution < -0.4 is 9.47 Å². The fraction of sp³-hybridized carbons (Fsp3) is 0.500. The molecule has 0 aliphatic carbocycles. The molecule has 0 bridgehead atoms. The normalized spacial score (nSPS) is 11.9. The van der Waals surface area contributed by atoms with Crippen molar-refractivity contribution in [2.45, 2.75) is 26.7 Å². The molecule has 0 saturated carbocycles. The maximum atomic E-state index is 11.0. The molecule has 0 saturated heterocycles. The number of aliphatic carboxylic acids is 1. The lowest BCUT2D eigenvalue weighted by Gasteiger charge is -2.13. The van der Waals surface area contributed by atoms with E-state index in [4.69, 9.17) is 14.6 Å². The quantitative estimate of drug-likeness (QED) is 0.810. The Hall–Kier alpha value is -1.71. The van der Waals surface area contributed by atoms with Crippen molar-refractivity contribution in [2.75, 3.05) is 13.7 Å². The zero-order chi connectivity index (χ0) is 13.5. The number of hydrogen-bond acceptors (Lipinski definition) is 3. The molecule has 0 spiro atoms. The molecular weight excluding hydrogens is 232 g/mol. The Morgan fingerprint density at radius 1 is 1.33 bits per heavy atom. The van der Waals surface area contributed by atoms with Crippen LogP contribution in [0.25, 0.3) is 0 Å². The van der Waals surface area contributed by atoms with Crippen LogP contribution in [0.5, 0.6) is 11.5 Å². The molecule has 1 N–H and O–H groups in total. The van der Waals surface area contributed by atoms with Gasteiger partial charge in [0.2, 0.25) is 0 Å². The predicted molar refractivity (Wildman–Crippen MR) is 69.3 cm³/mol. The van der Waals surface area contributed by atoms with Gasteiger partial charge in [-0.3, -0.25) is 4.79 Å². The first kappa shape index (κ1) is 14.4. The molecule has 0 aliphatic heterocycles. The van der Waals surface area contributed by atoms with Crippen LogP contribution in [-0.4, -0.2) is 24.8 Å². The predicted octanol–water partition coefficient (Wildman–Crippen LogP) is 2.75. The number of hydrogen-bond donors (Lipinski definition) is 1.